The molecule has 0 fully saturated rings. The Labute approximate surface area is 68.2 Å². The Bertz CT molecular complexity index is 286. The van der Waals surface area contributed by atoms with Gasteiger partial charge in [0.15, 0.2) is 5.75 Å². The van der Waals surface area contributed by atoms with Gasteiger partial charge < -0.3 is 9.99 Å². The molecule has 0 amide bonds. The highest BCUT2D eigenvalue weighted by atomic mass is 17.3. The summed E-state index contributed by atoms with van der Waals surface area (Å²) in [5, 5.41) is 8.62. The number of benzene rings is 1. The Morgan fingerprint density at radius 3 is 2.67 bits per heavy atom. The highest BCUT2D eigenvalue weighted by Gasteiger charge is 2.10. The molecule has 0 radical (unpaired) electrons. The van der Waals surface area contributed by atoms with E-state index in [1.54, 1.807) is 12.1 Å². The van der Waals surface area contributed by atoms with Crippen LogP contribution in [0.2, 0.25) is 0 Å². The van der Waals surface area contributed by atoms with Crippen LogP contribution >= 0.6 is 0 Å². The molecule has 0 saturated carbocycles. The van der Waals surface area contributed by atoms with Crippen LogP contribution in [0.5, 0.6) is 5.75 Å². The second-order valence-electron chi connectivity index (χ2n) is 1.98. The van der Waals surface area contributed by atoms with Crippen LogP contribution in [0.3, 0.4) is 0 Å². The molecule has 12 heavy (non-hydrogen) atoms. The molecule has 1 rings (SSSR count). The Morgan fingerprint density at radius 2 is 2.08 bits per heavy atom. The lowest BCUT2D eigenvalue weighted by molar-refractivity contribution is -0.211. The van der Waals surface area contributed by atoms with Gasteiger partial charge in [-0.25, -0.2) is 4.79 Å². The van der Waals surface area contributed by atoms with Crippen LogP contribution < -0.4 is 10.8 Å². The first-order valence-corrected chi connectivity index (χ1v) is 3.11. The van der Waals surface area contributed by atoms with Gasteiger partial charge in [0.2, 0.25) is 0 Å². The summed E-state index contributed by atoms with van der Waals surface area (Å²) in [6.45, 7) is 0. The maximum atomic E-state index is 10.5. The van der Waals surface area contributed by atoms with Crippen molar-refractivity contribution in [3.05, 3.63) is 29.8 Å². The zero-order valence-corrected chi connectivity index (χ0v) is 6.06. The summed E-state index contributed by atoms with van der Waals surface area (Å²) in [6.07, 6.45) is 0. The molecule has 0 aliphatic heterocycles. The molecule has 0 bridgehead atoms. The van der Waals surface area contributed by atoms with Gasteiger partial charge in [-0.05, 0) is 12.1 Å². The van der Waals surface area contributed by atoms with Crippen LogP contribution in [-0.2, 0) is 4.99 Å². The first-order valence-electron chi connectivity index (χ1n) is 3.11. The highest BCUT2D eigenvalue weighted by molar-refractivity contribution is 5.90. The Morgan fingerprint density at radius 1 is 1.42 bits per heavy atom. The number of nitrogens with two attached hydrogens (primary N) is 1. The molecule has 0 aliphatic rings. The van der Waals surface area contributed by atoms with Gasteiger partial charge in [0.1, 0.15) is 5.56 Å². The summed E-state index contributed by atoms with van der Waals surface area (Å²) >= 11 is 0. The summed E-state index contributed by atoms with van der Waals surface area (Å²) in [6, 6.07) is 6.01. The molecule has 0 aliphatic carbocycles. The van der Waals surface area contributed by atoms with Gasteiger partial charge in [-0.1, -0.05) is 17.1 Å². The molecule has 1 aromatic rings. The van der Waals surface area contributed by atoms with E-state index < -0.39 is 5.97 Å². The van der Waals surface area contributed by atoms with Crippen molar-refractivity contribution in [3.63, 3.8) is 0 Å². The summed E-state index contributed by atoms with van der Waals surface area (Å²) < 4.78 is 0. The minimum atomic E-state index is -1.09. The predicted octanol–water partition coefficient (Wildman–Crippen LogP) is 0.569. The average Bonchev–Trinajstić information content (AvgIpc) is 2.05. The summed E-state index contributed by atoms with van der Waals surface area (Å²) in [5.74, 6) is 3.60. The lowest BCUT2D eigenvalue weighted by Crippen LogP contribution is -2.07. The van der Waals surface area contributed by atoms with Crippen molar-refractivity contribution >= 4 is 5.97 Å². The summed E-state index contributed by atoms with van der Waals surface area (Å²) in [7, 11) is 0. The van der Waals surface area contributed by atoms with E-state index in [4.69, 9.17) is 5.11 Å². The molecule has 1 aromatic carbocycles. The third-order valence-electron chi connectivity index (χ3n) is 1.26. The van der Waals surface area contributed by atoms with E-state index in [1.165, 1.54) is 12.1 Å². The number of hydrogen-bond acceptors (Lipinski definition) is 4. The second-order valence-corrected chi connectivity index (χ2v) is 1.98. The molecule has 5 nitrogen and oxygen atoms in total. The molecule has 0 heterocycles. The third kappa shape index (κ3) is 1.71. The first-order chi connectivity index (χ1) is 5.75. The van der Waals surface area contributed by atoms with Crippen molar-refractivity contribution in [3.8, 4) is 5.75 Å². The van der Waals surface area contributed by atoms with Crippen LogP contribution in [0.1, 0.15) is 10.4 Å². The number of aromatic carboxylic acids is 1. The maximum Gasteiger partial charge on any atom is 0.339 e. The quantitative estimate of drug-likeness (QED) is 0.510. The topological polar surface area (TPSA) is 81.8 Å². The predicted molar refractivity (Wildman–Crippen MR) is 39.3 cm³/mol. The van der Waals surface area contributed by atoms with Crippen LogP contribution in [0.25, 0.3) is 0 Å². The number of carboxylic acids is 1. The minimum absolute atomic E-state index is 0.00273. The number of para-hydroxylation sites is 1. The zero-order valence-electron chi connectivity index (χ0n) is 6.06. The van der Waals surface area contributed by atoms with Crippen molar-refractivity contribution in [2.75, 3.05) is 0 Å². The Balaban J connectivity index is 3.00. The third-order valence-corrected chi connectivity index (χ3v) is 1.26. The van der Waals surface area contributed by atoms with E-state index >= 15 is 0 Å². The zero-order chi connectivity index (χ0) is 8.97. The van der Waals surface area contributed by atoms with Crippen molar-refractivity contribution in [1.82, 2.24) is 0 Å². The van der Waals surface area contributed by atoms with Crippen molar-refractivity contribution in [2.24, 2.45) is 5.90 Å². The van der Waals surface area contributed by atoms with E-state index in [-0.39, 0.29) is 11.3 Å². The van der Waals surface area contributed by atoms with E-state index in [9.17, 15) is 4.79 Å². The van der Waals surface area contributed by atoms with E-state index in [2.05, 4.69) is 15.8 Å². The largest absolute Gasteiger partial charge is 0.478 e. The molecule has 3 N–H and O–H groups in total. The Hall–Kier alpha value is -1.59. The lowest BCUT2D eigenvalue weighted by atomic mass is 10.2. The van der Waals surface area contributed by atoms with Crippen molar-refractivity contribution < 1.29 is 19.8 Å². The van der Waals surface area contributed by atoms with E-state index in [0.717, 1.165) is 0 Å². The van der Waals surface area contributed by atoms with Crippen LogP contribution in [0.4, 0.5) is 0 Å². The van der Waals surface area contributed by atoms with Gasteiger partial charge >= 0.3 is 5.97 Å². The molecule has 64 valence electrons. The smallest absolute Gasteiger partial charge is 0.339 e. The molecule has 0 spiro atoms. The minimum Gasteiger partial charge on any atom is -0.478 e. The van der Waals surface area contributed by atoms with Crippen LogP contribution in [-0.4, -0.2) is 11.1 Å². The van der Waals surface area contributed by atoms with Crippen molar-refractivity contribution in [2.45, 2.75) is 0 Å². The first kappa shape index (κ1) is 8.51. The lowest BCUT2D eigenvalue weighted by Gasteiger charge is -2.02. The molecule has 5 heteroatoms. The molecule has 0 atom stereocenters. The van der Waals surface area contributed by atoms with E-state index in [1.807, 2.05) is 0 Å². The molecular weight excluding hydrogens is 162 g/mol. The number of hydrogen-bond donors (Lipinski definition) is 2. The van der Waals surface area contributed by atoms with Crippen molar-refractivity contribution in [1.29, 1.82) is 0 Å². The van der Waals surface area contributed by atoms with Gasteiger partial charge in [0, 0.05) is 0 Å². The monoisotopic (exact) mass is 169 g/mol. The fraction of sp³-hybridized carbons (Fsp3) is 0. The number of rotatable bonds is 3. The normalized spacial score (nSPS) is 9.42. The molecule has 0 unspecified atom stereocenters. The maximum absolute atomic E-state index is 10.5. The number of carbonyl (C=O) groups is 1. The van der Waals surface area contributed by atoms with Gasteiger partial charge in [-0.3, -0.25) is 0 Å². The van der Waals surface area contributed by atoms with E-state index in [0.29, 0.717) is 0 Å². The summed E-state index contributed by atoms with van der Waals surface area (Å²) in [5.41, 5.74) is 0.00273. The van der Waals surface area contributed by atoms with Gasteiger partial charge in [-0.15, -0.1) is 0 Å². The Kier molecular flexibility index (Phi) is 2.62. The van der Waals surface area contributed by atoms with Gasteiger partial charge in [-0.2, -0.15) is 5.90 Å². The van der Waals surface area contributed by atoms with Crippen LogP contribution in [0.15, 0.2) is 24.3 Å². The molecule has 0 aromatic heterocycles. The van der Waals surface area contributed by atoms with Gasteiger partial charge in [0.25, 0.3) is 0 Å². The van der Waals surface area contributed by atoms with Crippen LogP contribution in [0, 0.1) is 0 Å². The van der Waals surface area contributed by atoms with Gasteiger partial charge in [0.05, 0.1) is 0 Å². The average molecular weight is 169 g/mol. The second kappa shape index (κ2) is 3.70. The highest BCUT2D eigenvalue weighted by Crippen LogP contribution is 2.16. The SMILES string of the molecule is NOOc1ccccc1C(=O)O. The molecule has 0 saturated heterocycles. The fourth-order valence-corrected chi connectivity index (χ4v) is 0.768. The summed E-state index contributed by atoms with van der Waals surface area (Å²) in [4.78, 5) is 18.8. The molecular formula is C7H7NO4. The number of carboxylic acid groups (broad SMARTS) is 1. The fourth-order valence-electron chi connectivity index (χ4n) is 0.768. The standard InChI is InChI=1S/C7H7NO4/c8-12-11-6-4-2-1-3-5(6)7(9)10/h1-4H,8H2,(H,9,10).